The molecule has 0 bridgehead atoms. The first-order chi connectivity index (χ1) is 31.0. The second-order valence-corrected chi connectivity index (χ2v) is 9.94. The van der Waals surface area contributed by atoms with Crippen LogP contribution >= 0.6 is 0 Å². The first kappa shape index (κ1) is 11.4. The summed E-state index contributed by atoms with van der Waals surface area (Å²) in [5.41, 5.74) is -2.35. The Balaban J connectivity index is 1.78. The lowest BCUT2D eigenvalue weighted by Gasteiger charge is -2.21. The van der Waals surface area contributed by atoms with Crippen LogP contribution in [-0.4, -0.2) is 0 Å². The molecule has 0 heterocycles. The number of hydrogen-bond donors (Lipinski definition) is 0. The van der Waals surface area contributed by atoms with Crippen LogP contribution in [0.15, 0.2) is 169 Å². The van der Waals surface area contributed by atoms with Crippen LogP contribution in [0.2, 0.25) is 0 Å². The van der Waals surface area contributed by atoms with Crippen molar-refractivity contribution in [3.8, 4) is 33.4 Å². The zero-order valence-corrected chi connectivity index (χ0v) is 22.5. The Kier molecular flexibility index (Phi) is 2.58. The van der Waals surface area contributed by atoms with Crippen LogP contribution in [0.3, 0.4) is 0 Å². The highest BCUT2D eigenvalue weighted by molar-refractivity contribution is 6.31. The molecule has 0 spiro atoms. The largest absolute Gasteiger partial charge is 0.0629 e. The zero-order chi connectivity index (χ0) is 48.2. The molecule has 0 saturated heterocycles. The summed E-state index contributed by atoms with van der Waals surface area (Å²) in [6, 6.07) is -8.41. The minimum atomic E-state index is -0.898. The molecular formula is C44H28. The number of fused-ring (bicyclic) bond motifs is 8. The highest BCUT2D eigenvalue weighted by atomic mass is 14.2. The molecule has 0 aliphatic carbocycles. The fraction of sp³-hybridized carbons (Fsp3) is 0. The van der Waals surface area contributed by atoms with Crippen LogP contribution in [0.25, 0.3) is 87.2 Å². The van der Waals surface area contributed by atoms with Gasteiger partial charge in [0.15, 0.2) is 0 Å². The first-order valence-electron chi connectivity index (χ1n) is 24.5. The summed E-state index contributed by atoms with van der Waals surface area (Å²) in [7, 11) is 0. The van der Waals surface area contributed by atoms with Crippen LogP contribution in [0.1, 0.15) is 30.2 Å². The van der Waals surface area contributed by atoms with Gasteiger partial charge in [-0.25, -0.2) is 0 Å². The predicted molar refractivity (Wildman–Crippen MR) is 190 cm³/mol. The molecule has 0 N–H and O–H groups in total. The fourth-order valence-electron chi connectivity index (χ4n) is 5.96. The highest BCUT2D eigenvalue weighted by Gasteiger charge is 2.21. The van der Waals surface area contributed by atoms with Crippen LogP contribution in [-0.2, 0) is 0 Å². The SMILES string of the molecule is [2H]c1cc2c(c([2H])c1[2H])c1c([2H])c([2H])c([2H])c([2H])c1c1c(-c3c([2H])c([2H])c([2H])c4c(-c5ccccc5)c5c([2H])c([2H])c([2H])c([2H])c5c(-c5c([2H])c([2H])c([2H])c([2H])c5[2H])c34)c([2H])c([2H])c([2H])c21. The standard InChI is InChI=1S/C44H28/c1-3-15-29(16-4-1)41-36-23-11-12-24-37(36)42(30-17-5-2-6-18-30)44-39(27-14-28-40(41)44)38-26-13-25-35-33-20-8-7-19-31(33)32-21-9-10-22-34(32)43(35)38/h1-28H/i2D,5D,6D,7D,8D,9D,10D,11D,12D,13D,14D,17D,18D,19D,21D,22D,23D,24D,25D,26D,27D,28D. The quantitative estimate of drug-likeness (QED) is 0.144. The zero-order valence-electron chi connectivity index (χ0n) is 44.5. The molecule has 9 rings (SSSR count). The van der Waals surface area contributed by atoms with Gasteiger partial charge in [-0.3, -0.25) is 0 Å². The Hall–Kier alpha value is -5.72. The maximum atomic E-state index is 9.75. The molecule has 0 fully saturated rings. The van der Waals surface area contributed by atoms with Crippen molar-refractivity contribution < 1.29 is 30.2 Å². The van der Waals surface area contributed by atoms with Crippen molar-refractivity contribution in [1.29, 1.82) is 0 Å². The van der Waals surface area contributed by atoms with E-state index in [2.05, 4.69) is 0 Å². The van der Waals surface area contributed by atoms with Crippen LogP contribution < -0.4 is 0 Å². The summed E-state index contributed by atoms with van der Waals surface area (Å²) in [5.74, 6) is 0. The molecular weight excluding hydrogens is 528 g/mol. The van der Waals surface area contributed by atoms with Gasteiger partial charge in [0, 0.05) is 0 Å². The Bertz CT molecular complexity index is 3740. The van der Waals surface area contributed by atoms with Crippen LogP contribution in [0, 0.1) is 0 Å². The van der Waals surface area contributed by atoms with Gasteiger partial charge in [-0.1, -0.05) is 169 Å². The smallest absolute Gasteiger partial charge is 0.0622 e. The lowest BCUT2D eigenvalue weighted by atomic mass is 9.81. The fourth-order valence-corrected chi connectivity index (χ4v) is 5.96. The van der Waals surface area contributed by atoms with E-state index in [-0.39, 0.29) is 38.1 Å². The van der Waals surface area contributed by atoms with Gasteiger partial charge < -0.3 is 0 Å². The van der Waals surface area contributed by atoms with E-state index in [4.69, 9.17) is 15.1 Å². The van der Waals surface area contributed by atoms with Crippen molar-refractivity contribution in [2.75, 3.05) is 0 Å². The summed E-state index contributed by atoms with van der Waals surface area (Å²) in [6.45, 7) is 0. The van der Waals surface area contributed by atoms with Crippen molar-refractivity contribution in [3.63, 3.8) is 0 Å². The Morgan fingerprint density at radius 1 is 0.295 bits per heavy atom. The van der Waals surface area contributed by atoms with E-state index in [1.54, 1.807) is 18.2 Å². The summed E-state index contributed by atoms with van der Waals surface area (Å²) >= 11 is 0. The van der Waals surface area contributed by atoms with Crippen molar-refractivity contribution in [2.45, 2.75) is 0 Å². The van der Waals surface area contributed by atoms with Gasteiger partial charge in [-0.05, 0) is 87.2 Å². The summed E-state index contributed by atoms with van der Waals surface area (Å²) in [6.07, 6.45) is 0. The third-order valence-electron chi connectivity index (χ3n) is 7.70. The van der Waals surface area contributed by atoms with E-state index in [9.17, 15) is 15.1 Å². The van der Waals surface area contributed by atoms with E-state index >= 15 is 0 Å². The Labute approximate surface area is 287 Å². The summed E-state index contributed by atoms with van der Waals surface area (Å²) in [5, 5.41) is -3.77. The van der Waals surface area contributed by atoms with Crippen molar-refractivity contribution in [2.24, 2.45) is 0 Å². The average molecular weight is 579 g/mol. The highest BCUT2D eigenvalue weighted by Crippen LogP contribution is 2.49. The average Bonchev–Trinajstić information content (AvgIpc) is 3.30. The normalized spacial score (nSPS) is 18.6. The lowest BCUT2D eigenvalue weighted by molar-refractivity contribution is 1.64. The first-order valence-corrected chi connectivity index (χ1v) is 13.5. The van der Waals surface area contributed by atoms with Crippen molar-refractivity contribution in [1.82, 2.24) is 0 Å². The number of hydrogen-bond acceptors (Lipinski definition) is 0. The lowest BCUT2D eigenvalue weighted by Crippen LogP contribution is -1.94. The Morgan fingerprint density at radius 3 is 1.57 bits per heavy atom. The summed E-state index contributed by atoms with van der Waals surface area (Å²) < 4.78 is 200. The molecule has 44 heavy (non-hydrogen) atoms. The Morgan fingerprint density at radius 2 is 0.818 bits per heavy atom. The maximum Gasteiger partial charge on any atom is 0.0629 e. The van der Waals surface area contributed by atoms with Gasteiger partial charge in [-0.2, -0.15) is 0 Å². The molecule has 9 aromatic carbocycles. The monoisotopic (exact) mass is 578 g/mol. The molecule has 0 nitrogen and oxygen atoms in total. The maximum absolute atomic E-state index is 9.75. The topological polar surface area (TPSA) is 0 Å². The second kappa shape index (κ2) is 9.93. The minimum absolute atomic E-state index is 0.125. The van der Waals surface area contributed by atoms with Crippen LogP contribution in [0.5, 0.6) is 0 Å². The minimum Gasteiger partial charge on any atom is -0.0622 e. The van der Waals surface area contributed by atoms with Crippen molar-refractivity contribution >= 4 is 53.9 Å². The van der Waals surface area contributed by atoms with Gasteiger partial charge in [0.2, 0.25) is 0 Å². The van der Waals surface area contributed by atoms with E-state index < -0.39 is 182 Å². The third kappa shape index (κ3) is 3.65. The summed E-state index contributed by atoms with van der Waals surface area (Å²) in [4.78, 5) is 0. The predicted octanol–water partition coefficient (Wildman–Crippen LogP) is 12.5. The van der Waals surface area contributed by atoms with Crippen molar-refractivity contribution in [3.05, 3.63) is 169 Å². The molecule has 204 valence electrons. The van der Waals surface area contributed by atoms with Crippen LogP contribution in [0.4, 0.5) is 0 Å². The van der Waals surface area contributed by atoms with E-state index in [0.717, 1.165) is 6.07 Å². The van der Waals surface area contributed by atoms with Gasteiger partial charge in [0.05, 0.1) is 30.2 Å². The molecule has 0 amide bonds. The molecule has 0 radical (unpaired) electrons. The number of benzene rings is 9. The molecule has 9 aromatic rings. The molecule has 0 heteroatoms. The van der Waals surface area contributed by atoms with Gasteiger partial charge in [-0.15, -0.1) is 0 Å². The second-order valence-electron chi connectivity index (χ2n) is 9.94. The molecule has 0 aromatic heterocycles. The molecule has 0 aliphatic rings. The molecule has 0 saturated carbocycles. The number of rotatable bonds is 3. The molecule has 0 atom stereocenters. The van der Waals surface area contributed by atoms with Gasteiger partial charge >= 0.3 is 0 Å². The van der Waals surface area contributed by atoms with Gasteiger partial charge in [0.1, 0.15) is 0 Å². The van der Waals surface area contributed by atoms with E-state index in [1.165, 1.54) is 12.1 Å². The third-order valence-corrected chi connectivity index (χ3v) is 7.70. The molecule has 0 aliphatic heterocycles. The van der Waals surface area contributed by atoms with E-state index in [1.807, 2.05) is 0 Å². The molecule has 0 unspecified atom stereocenters. The van der Waals surface area contributed by atoms with E-state index in [0.29, 0.717) is 0 Å². The van der Waals surface area contributed by atoms with Gasteiger partial charge in [0.25, 0.3) is 0 Å².